The molecule has 2 rings (SSSR count). The molecule has 0 aliphatic heterocycles. The van der Waals surface area contributed by atoms with Crippen molar-refractivity contribution in [3.63, 3.8) is 0 Å². The second-order valence-corrected chi connectivity index (χ2v) is 6.85. The van der Waals surface area contributed by atoms with E-state index < -0.39 is 11.4 Å². The summed E-state index contributed by atoms with van der Waals surface area (Å²) in [6, 6.07) is 6.89. The largest absolute Gasteiger partial charge is 0.481 e. The summed E-state index contributed by atoms with van der Waals surface area (Å²) in [5, 5.41) is 14.9. The standard InChI is InChI=1S/C16H22N2O3/c1-15(2)9-12(15)18-14(21)17-11-7-5-10(6-8-11)16(3,4)13(19)20/h5-8,12H,9H2,1-4H3,(H,19,20)(H2,17,18,21). The van der Waals surface area contributed by atoms with Crippen LogP contribution in [0.15, 0.2) is 24.3 Å². The number of amides is 2. The number of benzene rings is 1. The first-order valence-electron chi connectivity index (χ1n) is 7.04. The Bertz CT molecular complexity index is 561. The summed E-state index contributed by atoms with van der Waals surface area (Å²) in [7, 11) is 0. The lowest BCUT2D eigenvalue weighted by Crippen LogP contribution is -2.32. The fraction of sp³-hybridized carbons (Fsp3) is 0.500. The molecule has 1 aliphatic carbocycles. The van der Waals surface area contributed by atoms with Gasteiger partial charge in [0.2, 0.25) is 0 Å². The van der Waals surface area contributed by atoms with E-state index in [-0.39, 0.29) is 17.5 Å². The van der Waals surface area contributed by atoms with E-state index in [0.29, 0.717) is 11.3 Å². The first-order chi connectivity index (χ1) is 9.63. The number of nitrogens with one attached hydrogen (secondary N) is 2. The van der Waals surface area contributed by atoms with Gasteiger partial charge in [0.05, 0.1) is 5.41 Å². The van der Waals surface area contributed by atoms with Crippen LogP contribution in [0.25, 0.3) is 0 Å². The second-order valence-electron chi connectivity index (χ2n) is 6.85. The van der Waals surface area contributed by atoms with Crippen LogP contribution in [-0.2, 0) is 10.2 Å². The van der Waals surface area contributed by atoms with Crippen LogP contribution in [0, 0.1) is 5.41 Å². The molecule has 0 heterocycles. The number of aliphatic carboxylic acids is 1. The van der Waals surface area contributed by atoms with Crippen LogP contribution in [0.3, 0.4) is 0 Å². The molecule has 0 bridgehead atoms. The smallest absolute Gasteiger partial charge is 0.319 e. The summed E-state index contributed by atoms with van der Waals surface area (Å²) in [6.07, 6.45) is 0.992. The second kappa shape index (κ2) is 5.06. The van der Waals surface area contributed by atoms with Crippen molar-refractivity contribution >= 4 is 17.7 Å². The van der Waals surface area contributed by atoms with Gasteiger partial charge in [0.1, 0.15) is 0 Å². The van der Waals surface area contributed by atoms with Gasteiger partial charge in [0, 0.05) is 11.7 Å². The molecule has 114 valence electrons. The monoisotopic (exact) mass is 290 g/mol. The molecule has 1 aliphatic rings. The zero-order valence-electron chi connectivity index (χ0n) is 12.9. The Morgan fingerprint density at radius 2 is 1.76 bits per heavy atom. The lowest BCUT2D eigenvalue weighted by Gasteiger charge is -2.20. The number of carboxylic acids is 1. The third-order valence-corrected chi connectivity index (χ3v) is 4.22. The molecule has 5 heteroatoms. The van der Waals surface area contributed by atoms with Crippen molar-refractivity contribution in [2.24, 2.45) is 5.41 Å². The van der Waals surface area contributed by atoms with E-state index in [1.807, 2.05) is 0 Å². The number of hydrogen-bond acceptors (Lipinski definition) is 2. The van der Waals surface area contributed by atoms with Crippen molar-refractivity contribution < 1.29 is 14.7 Å². The summed E-state index contributed by atoms with van der Waals surface area (Å²) < 4.78 is 0. The van der Waals surface area contributed by atoms with Crippen molar-refractivity contribution in [2.75, 3.05) is 5.32 Å². The lowest BCUT2D eigenvalue weighted by atomic mass is 9.85. The molecule has 5 nitrogen and oxygen atoms in total. The summed E-state index contributed by atoms with van der Waals surface area (Å²) in [6.45, 7) is 7.53. The highest BCUT2D eigenvalue weighted by molar-refractivity contribution is 5.90. The Morgan fingerprint density at radius 3 is 2.19 bits per heavy atom. The van der Waals surface area contributed by atoms with Crippen molar-refractivity contribution in [3.8, 4) is 0 Å². The maximum absolute atomic E-state index is 11.8. The first-order valence-corrected chi connectivity index (χ1v) is 7.04. The van der Waals surface area contributed by atoms with Crippen LogP contribution in [0.2, 0.25) is 0 Å². The highest BCUT2D eigenvalue weighted by atomic mass is 16.4. The van der Waals surface area contributed by atoms with Gasteiger partial charge in [-0.05, 0) is 43.4 Å². The molecular weight excluding hydrogens is 268 g/mol. The summed E-state index contributed by atoms with van der Waals surface area (Å²) in [5.41, 5.74) is 0.589. The topological polar surface area (TPSA) is 78.4 Å². The molecule has 1 aromatic rings. The quantitative estimate of drug-likeness (QED) is 0.797. The molecule has 0 aromatic heterocycles. The molecule has 1 atom stereocenters. The Kier molecular flexibility index (Phi) is 3.70. The molecule has 1 saturated carbocycles. The van der Waals surface area contributed by atoms with Crippen LogP contribution in [-0.4, -0.2) is 23.1 Å². The van der Waals surface area contributed by atoms with Gasteiger partial charge in [-0.15, -0.1) is 0 Å². The number of urea groups is 1. The van der Waals surface area contributed by atoms with Gasteiger partial charge >= 0.3 is 12.0 Å². The Labute approximate surface area is 124 Å². The highest BCUT2D eigenvalue weighted by Gasteiger charge is 2.46. The van der Waals surface area contributed by atoms with E-state index in [1.165, 1.54) is 0 Å². The Morgan fingerprint density at radius 1 is 1.24 bits per heavy atom. The number of anilines is 1. The number of carbonyl (C=O) groups excluding carboxylic acids is 1. The van der Waals surface area contributed by atoms with Crippen molar-refractivity contribution in [1.82, 2.24) is 5.32 Å². The summed E-state index contributed by atoms with van der Waals surface area (Å²) >= 11 is 0. The molecule has 1 aromatic carbocycles. The Hall–Kier alpha value is -2.04. The SMILES string of the molecule is CC(C)(C(=O)O)c1ccc(NC(=O)NC2CC2(C)C)cc1. The summed E-state index contributed by atoms with van der Waals surface area (Å²) in [5.74, 6) is -0.878. The normalized spacial score (nSPS) is 19.7. The molecule has 21 heavy (non-hydrogen) atoms. The van der Waals surface area contributed by atoms with Gasteiger partial charge in [-0.1, -0.05) is 26.0 Å². The predicted molar refractivity (Wildman–Crippen MR) is 81.4 cm³/mol. The first kappa shape index (κ1) is 15.4. The number of carboxylic acid groups (broad SMARTS) is 1. The average Bonchev–Trinajstić information content (AvgIpc) is 2.96. The number of hydrogen-bond donors (Lipinski definition) is 3. The van der Waals surface area contributed by atoms with Gasteiger partial charge < -0.3 is 15.7 Å². The average molecular weight is 290 g/mol. The molecule has 3 N–H and O–H groups in total. The van der Waals surface area contributed by atoms with Gasteiger partial charge in [0.25, 0.3) is 0 Å². The van der Waals surface area contributed by atoms with Gasteiger partial charge in [0.15, 0.2) is 0 Å². The maximum Gasteiger partial charge on any atom is 0.319 e. The molecule has 1 unspecified atom stereocenters. The summed E-state index contributed by atoms with van der Waals surface area (Å²) in [4.78, 5) is 23.0. The maximum atomic E-state index is 11.8. The fourth-order valence-electron chi connectivity index (χ4n) is 2.13. The van der Waals surface area contributed by atoms with Gasteiger partial charge in [-0.3, -0.25) is 4.79 Å². The minimum atomic E-state index is -0.946. The van der Waals surface area contributed by atoms with Crippen LogP contribution in [0.1, 0.15) is 39.7 Å². The van der Waals surface area contributed by atoms with E-state index >= 15 is 0 Å². The highest BCUT2D eigenvalue weighted by Crippen LogP contribution is 2.44. The molecule has 0 spiro atoms. The molecule has 0 saturated heterocycles. The minimum absolute atomic E-state index is 0.187. The van der Waals surface area contributed by atoms with Gasteiger partial charge in [-0.25, -0.2) is 4.79 Å². The van der Waals surface area contributed by atoms with E-state index in [4.69, 9.17) is 0 Å². The molecule has 2 amide bonds. The van der Waals surface area contributed by atoms with Crippen LogP contribution >= 0.6 is 0 Å². The van der Waals surface area contributed by atoms with Crippen LogP contribution < -0.4 is 10.6 Å². The van der Waals surface area contributed by atoms with Crippen molar-refractivity contribution in [2.45, 2.75) is 45.6 Å². The molecular formula is C16H22N2O3. The predicted octanol–water partition coefficient (Wildman–Crippen LogP) is 2.97. The zero-order chi connectivity index (χ0) is 15.8. The van der Waals surface area contributed by atoms with Crippen molar-refractivity contribution in [3.05, 3.63) is 29.8 Å². The van der Waals surface area contributed by atoms with E-state index in [9.17, 15) is 14.7 Å². The van der Waals surface area contributed by atoms with E-state index in [0.717, 1.165) is 6.42 Å². The van der Waals surface area contributed by atoms with Gasteiger partial charge in [-0.2, -0.15) is 0 Å². The lowest BCUT2D eigenvalue weighted by molar-refractivity contribution is -0.142. The fourth-order valence-corrected chi connectivity index (χ4v) is 2.13. The minimum Gasteiger partial charge on any atom is -0.481 e. The molecule has 1 fully saturated rings. The molecule has 0 radical (unpaired) electrons. The van der Waals surface area contributed by atoms with Crippen molar-refractivity contribution in [1.29, 1.82) is 0 Å². The van der Waals surface area contributed by atoms with Crippen LogP contribution in [0.4, 0.5) is 10.5 Å². The van der Waals surface area contributed by atoms with E-state index in [2.05, 4.69) is 24.5 Å². The number of rotatable bonds is 4. The third kappa shape index (κ3) is 3.35. The number of carbonyl (C=O) groups is 2. The van der Waals surface area contributed by atoms with E-state index in [1.54, 1.807) is 38.1 Å². The Balaban J connectivity index is 1.97. The zero-order valence-corrected chi connectivity index (χ0v) is 12.9. The third-order valence-electron chi connectivity index (χ3n) is 4.22. The van der Waals surface area contributed by atoms with Crippen LogP contribution in [0.5, 0.6) is 0 Å².